The minimum Gasteiger partial charge on any atom is -0.472 e. The monoisotopic (exact) mass is 327 g/mol. The Bertz CT molecular complexity index is 673. The first-order valence-corrected chi connectivity index (χ1v) is 6.53. The molecular weight excluding hydrogens is 314 g/mol. The molecule has 0 atom stereocenters. The van der Waals surface area contributed by atoms with Gasteiger partial charge in [-0.2, -0.15) is 4.98 Å². The molecule has 2 heterocycles. The molecule has 0 amide bonds. The first-order chi connectivity index (χ1) is 8.81. The van der Waals surface area contributed by atoms with E-state index in [9.17, 15) is 9.90 Å². The molecule has 0 bridgehead atoms. The van der Waals surface area contributed by atoms with Gasteiger partial charge in [-0.3, -0.25) is 0 Å². The second kappa shape index (κ2) is 4.94. The van der Waals surface area contributed by atoms with Gasteiger partial charge in [0.25, 0.3) is 0 Å². The molecule has 102 valence electrons. The summed E-state index contributed by atoms with van der Waals surface area (Å²) < 4.78 is 10.9. The molecule has 0 aromatic carbocycles. The van der Waals surface area contributed by atoms with Gasteiger partial charge in [-0.1, -0.05) is 0 Å². The molecule has 2 aromatic heterocycles. The first-order valence-electron chi connectivity index (χ1n) is 5.74. The number of rotatable bonds is 2. The Balaban J connectivity index is 2.62. The molecule has 19 heavy (non-hydrogen) atoms. The smallest absolute Gasteiger partial charge is 0.352 e. The average molecular weight is 328 g/mol. The summed E-state index contributed by atoms with van der Waals surface area (Å²) in [6, 6.07) is 3.39. The van der Waals surface area contributed by atoms with E-state index in [1.54, 1.807) is 12.1 Å². The van der Waals surface area contributed by atoms with Crippen LogP contribution in [-0.2, 0) is 6.61 Å². The number of halogens is 1. The van der Waals surface area contributed by atoms with Crippen LogP contribution in [0.4, 0.5) is 0 Å². The van der Waals surface area contributed by atoms with Crippen LogP contribution in [0.25, 0.3) is 11.1 Å². The minimum atomic E-state index is -0.572. The maximum absolute atomic E-state index is 11.6. The number of pyridine rings is 1. The van der Waals surface area contributed by atoms with Crippen molar-refractivity contribution in [2.24, 2.45) is 0 Å². The molecule has 0 fully saturated rings. The van der Waals surface area contributed by atoms with Crippen molar-refractivity contribution in [2.45, 2.75) is 33.0 Å². The van der Waals surface area contributed by atoms with E-state index in [1.165, 1.54) is 0 Å². The standard InChI is InChI=1S/C13H14BrNO4/c1-13(2,3)19-9-5-4-7-8(6-16)10(14)12(17)18-11(7)15-9/h4-5,16H,6H2,1-3H3. The summed E-state index contributed by atoms with van der Waals surface area (Å²) in [6.45, 7) is 5.42. The topological polar surface area (TPSA) is 72.6 Å². The summed E-state index contributed by atoms with van der Waals surface area (Å²) in [7, 11) is 0. The van der Waals surface area contributed by atoms with Crippen LogP contribution in [0.5, 0.6) is 5.88 Å². The Labute approximate surface area is 118 Å². The molecule has 0 aliphatic rings. The molecule has 0 aliphatic carbocycles. The van der Waals surface area contributed by atoms with Gasteiger partial charge in [-0.25, -0.2) is 4.79 Å². The number of aliphatic hydroxyl groups is 1. The van der Waals surface area contributed by atoms with Crippen molar-refractivity contribution in [1.82, 2.24) is 4.98 Å². The van der Waals surface area contributed by atoms with Crippen molar-refractivity contribution in [3.05, 3.63) is 32.6 Å². The number of hydrogen-bond donors (Lipinski definition) is 1. The van der Waals surface area contributed by atoms with Crippen molar-refractivity contribution < 1.29 is 14.3 Å². The Morgan fingerprint density at radius 3 is 2.68 bits per heavy atom. The number of fused-ring (bicyclic) bond motifs is 1. The molecule has 5 nitrogen and oxygen atoms in total. The zero-order chi connectivity index (χ0) is 14.2. The number of aromatic nitrogens is 1. The van der Waals surface area contributed by atoms with Crippen LogP contribution in [0.15, 0.2) is 25.8 Å². The molecule has 1 N–H and O–H groups in total. The molecule has 0 aliphatic heterocycles. The Kier molecular flexibility index (Phi) is 3.64. The van der Waals surface area contributed by atoms with Crippen molar-refractivity contribution in [2.75, 3.05) is 0 Å². The van der Waals surface area contributed by atoms with Gasteiger partial charge in [0, 0.05) is 17.0 Å². The number of aliphatic hydroxyl groups excluding tert-OH is 1. The van der Waals surface area contributed by atoms with Crippen LogP contribution >= 0.6 is 15.9 Å². The van der Waals surface area contributed by atoms with Gasteiger partial charge >= 0.3 is 5.63 Å². The highest BCUT2D eigenvalue weighted by Gasteiger charge is 2.16. The van der Waals surface area contributed by atoms with E-state index in [4.69, 9.17) is 9.15 Å². The first kappa shape index (κ1) is 14.0. The third kappa shape index (κ3) is 2.96. The Morgan fingerprint density at radius 1 is 1.42 bits per heavy atom. The fourth-order valence-electron chi connectivity index (χ4n) is 1.63. The second-order valence-corrected chi connectivity index (χ2v) is 5.85. The molecule has 2 aromatic rings. The predicted octanol–water partition coefficient (Wildman–Crippen LogP) is 2.62. The van der Waals surface area contributed by atoms with Gasteiger partial charge in [0.1, 0.15) is 10.1 Å². The molecule has 0 spiro atoms. The van der Waals surface area contributed by atoms with Crippen LogP contribution in [0.3, 0.4) is 0 Å². The molecule has 6 heteroatoms. The molecule has 2 rings (SSSR count). The third-order valence-corrected chi connectivity index (χ3v) is 3.16. The summed E-state index contributed by atoms with van der Waals surface area (Å²) in [6.07, 6.45) is 0. The summed E-state index contributed by atoms with van der Waals surface area (Å²) in [4.78, 5) is 15.8. The van der Waals surface area contributed by atoms with E-state index >= 15 is 0 Å². The SMILES string of the molecule is CC(C)(C)Oc1ccc2c(CO)c(Br)c(=O)oc2n1. The fourth-order valence-corrected chi connectivity index (χ4v) is 2.05. The number of ether oxygens (including phenoxy) is 1. The van der Waals surface area contributed by atoms with Crippen molar-refractivity contribution >= 4 is 27.0 Å². The van der Waals surface area contributed by atoms with E-state index < -0.39 is 11.2 Å². The average Bonchev–Trinajstić information content (AvgIpc) is 2.29. The summed E-state index contributed by atoms with van der Waals surface area (Å²) in [5, 5.41) is 9.91. The maximum Gasteiger partial charge on any atom is 0.352 e. The Morgan fingerprint density at radius 2 is 2.11 bits per heavy atom. The van der Waals surface area contributed by atoms with E-state index in [1.807, 2.05) is 20.8 Å². The van der Waals surface area contributed by atoms with Gasteiger partial charge in [-0.05, 0) is 42.8 Å². The highest BCUT2D eigenvalue weighted by atomic mass is 79.9. The summed E-state index contributed by atoms with van der Waals surface area (Å²) in [5.41, 5.74) is -0.354. The van der Waals surface area contributed by atoms with Gasteiger partial charge in [0.15, 0.2) is 0 Å². The van der Waals surface area contributed by atoms with Crippen LogP contribution in [0, 0.1) is 0 Å². The molecule has 0 saturated carbocycles. The van der Waals surface area contributed by atoms with E-state index in [0.717, 1.165) is 0 Å². The van der Waals surface area contributed by atoms with Crippen LogP contribution in [-0.4, -0.2) is 15.7 Å². The minimum absolute atomic E-state index is 0.152. The molecule has 0 saturated heterocycles. The van der Waals surface area contributed by atoms with E-state index in [-0.39, 0.29) is 16.8 Å². The lowest BCUT2D eigenvalue weighted by atomic mass is 10.2. The lowest BCUT2D eigenvalue weighted by Crippen LogP contribution is -2.23. The quantitative estimate of drug-likeness (QED) is 0.917. The number of nitrogens with zero attached hydrogens (tertiary/aromatic N) is 1. The highest BCUT2D eigenvalue weighted by Crippen LogP contribution is 2.25. The van der Waals surface area contributed by atoms with E-state index in [2.05, 4.69) is 20.9 Å². The molecular formula is C13H14BrNO4. The number of hydrogen-bond acceptors (Lipinski definition) is 5. The Hall–Kier alpha value is -1.40. The van der Waals surface area contributed by atoms with Crippen LogP contribution in [0.2, 0.25) is 0 Å². The molecule has 0 unspecified atom stereocenters. The van der Waals surface area contributed by atoms with Gasteiger partial charge in [-0.15, -0.1) is 0 Å². The maximum atomic E-state index is 11.6. The lowest BCUT2D eigenvalue weighted by molar-refractivity contribution is 0.124. The summed E-state index contributed by atoms with van der Waals surface area (Å²) in [5.74, 6) is 0.370. The van der Waals surface area contributed by atoms with Crippen molar-refractivity contribution in [3.63, 3.8) is 0 Å². The third-order valence-electron chi connectivity index (χ3n) is 2.36. The molecule has 0 radical (unpaired) electrons. The second-order valence-electron chi connectivity index (χ2n) is 5.06. The van der Waals surface area contributed by atoms with Crippen molar-refractivity contribution in [1.29, 1.82) is 0 Å². The van der Waals surface area contributed by atoms with E-state index in [0.29, 0.717) is 16.8 Å². The lowest BCUT2D eigenvalue weighted by Gasteiger charge is -2.20. The van der Waals surface area contributed by atoms with Gasteiger partial charge in [0.05, 0.1) is 6.61 Å². The van der Waals surface area contributed by atoms with Gasteiger partial charge in [0.2, 0.25) is 11.6 Å². The van der Waals surface area contributed by atoms with Gasteiger partial charge < -0.3 is 14.3 Å². The van der Waals surface area contributed by atoms with Crippen LogP contribution < -0.4 is 10.4 Å². The highest BCUT2D eigenvalue weighted by molar-refractivity contribution is 9.10. The zero-order valence-corrected chi connectivity index (χ0v) is 12.4. The van der Waals surface area contributed by atoms with Crippen LogP contribution in [0.1, 0.15) is 26.3 Å². The summed E-state index contributed by atoms with van der Waals surface area (Å²) >= 11 is 3.10. The zero-order valence-electron chi connectivity index (χ0n) is 10.9. The van der Waals surface area contributed by atoms with Crippen molar-refractivity contribution in [3.8, 4) is 5.88 Å². The largest absolute Gasteiger partial charge is 0.472 e. The predicted molar refractivity (Wildman–Crippen MR) is 74.3 cm³/mol. The normalized spacial score (nSPS) is 11.8. The fraction of sp³-hybridized carbons (Fsp3) is 0.385.